The first-order valence-electron chi connectivity index (χ1n) is 7.55. The molecule has 1 aromatic rings. The van der Waals surface area contributed by atoms with E-state index in [0.717, 1.165) is 38.1 Å². The summed E-state index contributed by atoms with van der Waals surface area (Å²) in [7, 11) is 0. The minimum atomic E-state index is -0.0384. The van der Waals surface area contributed by atoms with E-state index >= 15 is 0 Å². The second kappa shape index (κ2) is 4.88. The van der Waals surface area contributed by atoms with E-state index in [-0.39, 0.29) is 11.0 Å². The molecule has 3 heteroatoms. The van der Waals surface area contributed by atoms with Crippen LogP contribution in [-0.4, -0.2) is 24.4 Å². The van der Waals surface area contributed by atoms with Gasteiger partial charge in [0, 0.05) is 19.3 Å². The van der Waals surface area contributed by atoms with Gasteiger partial charge in [-0.25, -0.2) is 0 Å². The summed E-state index contributed by atoms with van der Waals surface area (Å²) in [6, 6.07) is 8.79. The molecule has 3 rings (SSSR count). The number of rotatable bonds is 1. The van der Waals surface area contributed by atoms with Crippen LogP contribution in [0.15, 0.2) is 29.4 Å². The summed E-state index contributed by atoms with van der Waals surface area (Å²) in [6.45, 7) is 8.78. The molecule has 0 aliphatic carbocycles. The minimum absolute atomic E-state index is 0.0384. The van der Waals surface area contributed by atoms with Gasteiger partial charge in [-0.05, 0) is 29.6 Å². The van der Waals surface area contributed by atoms with Gasteiger partial charge in [0.2, 0.25) is 0 Å². The lowest BCUT2D eigenvalue weighted by molar-refractivity contribution is -0.0400. The molecule has 3 nitrogen and oxygen atoms in total. The van der Waals surface area contributed by atoms with Crippen molar-refractivity contribution in [1.82, 2.24) is 5.32 Å². The zero-order valence-corrected chi connectivity index (χ0v) is 12.7. The Bertz CT molecular complexity index is 505. The highest BCUT2D eigenvalue weighted by atomic mass is 16.7. The molecule has 0 unspecified atom stereocenters. The third kappa shape index (κ3) is 2.59. The van der Waals surface area contributed by atoms with Crippen LogP contribution in [0.4, 0.5) is 0 Å². The second-order valence-corrected chi connectivity index (χ2v) is 7.07. The van der Waals surface area contributed by atoms with E-state index < -0.39 is 0 Å². The number of hydrogen-bond donors (Lipinski definition) is 1. The first kappa shape index (κ1) is 13.6. The van der Waals surface area contributed by atoms with E-state index in [1.807, 2.05) is 0 Å². The number of nitrogens with one attached hydrogen (secondary N) is 1. The molecule has 1 N–H and O–H groups in total. The summed E-state index contributed by atoms with van der Waals surface area (Å²) in [6.07, 6.45) is 3.06. The highest BCUT2D eigenvalue weighted by molar-refractivity contribution is 6.01. The minimum Gasteiger partial charge on any atom is -0.388 e. The fourth-order valence-electron chi connectivity index (χ4n) is 2.99. The molecule has 20 heavy (non-hydrogen) atoms. The number of oxime groups is 1. The first-order chi connectivity index (χ1) is 9.49. The number of piperidine rings is 1. The largest absolute Gasteiger partial charge is 0.388 e. The Morgan fingerprint density at radius 2 is 1.75 bits per heavy atom. The van der Waals surface area contributed by atoms with Crippen molar-refractivity contribution in [3.05, 3.63) is 35.4 Å². The lowest BCUT2D eigenvalue weighted by atomic mass is 9.84. The van der Waals surface area contributed by atoms with E-state index in [2.05, 4.69) is 55.5 Å². The van der Waals surface area contributed by atoms with Crippen LogP contribution in [0.3, 0.4) is 0 Å². The molecule has 1 spiro atoms. The van der Waals surface area contributed by atoms with Gasteiger partial charge in [0.15, 0.2) is 0 Å². The van der Waals surface area contributed by atoms with E-state index in [1.54, 1.807) is 0 Å². The SMILES string of the molecule is CC(C)(C)c1ccc(C2=NOC3(CCNCC3)C2)cc1. The molecule has 2 aliphatic heterocycles. The molecule has 2 aliphatic rings. The Kier molecular flexibility index (Phi) is 3.33. The van der Waals surface area contributed by atoms with Gasteiger partial charge < -0.3 is 10.2 Å². The van der Waals surface area contributed by atoms with Crippen molar-refractivity contribution in [1.29, 1.82) is 0 Å². The van der Waals surface area contributed by atoms with Gasteiger partial charge in [0.1, 0.15) is 5.60 Å². The summed E-state index contributed by atoms with van der Waals surface area (Å²) in [4.78, 5) is 5.79. The quantitative estimate of drug-likeness (QED) is 0.851. The average molecular weight is 272 g/mol. The number of hydrogen-bond acceptors (Lipinski definition) is 3. The van der Waals surface area contributed by atoms with E-state index in [1.165, 1.54) is 11.1 Å². The summed E-state index contributed by atoms with van der Waals surface area (Å²) < 4.78 is 0. The molecule has 0 aromatic heterocycles. The smallest absolute Gasteiger partial charge is 0.145 e. The maximum absolute atomic E-state index is 5.79. The molecule has 0 saturated carbocycles. The molecule has 1 aromatic carbocycles. The topological polar surface area (TPSA) is 33.6 Å². The van der Waals surface area contributed by atoms with Crippen molar-refractivity contribution in [2.24, 2.45) is 5.16 Å². The van der Waals surface area contributed by atoms with Gasteiger partial charge in [0.25, 0.3) is 0 Å². The van der Waals surface area contributed by atoms with E-state index in [0.29, 0.717) is 0 Å². The summed E-state index contributed by atoms with van der Waals surface area (Å²) >= 11 is 0. The molecular weight excluding hydrogens is 248 g/mol. The molecular formula is C17H24N2O. The predicted molar refractivity (Wildman–Crippen MR) is 82.2 cm³/mol. The second-order valence-electron chi connectivity index (χ2n) is 7.07. The van der Waals surface area contributed by atoms with Gasteiger partial charge in [-0.15, -0.1) is 0 Å². The lowest BCUT2D eigenvalue weighted by Gasteiger charge is -2.30. The summed E-state index contributed by atoms with van der Waals surface area (Å²) in [5.41, 5.74) is 3.82. The Morgan fingerprint density at radius 3 is 2.35 bits per heavy atom. The van der Waals surface area contributed by atoms with Gasteiger partial charge in [-0.2, -0.15) is 0 Å². The summed E-state index contributed by atoms with van der Waals surface area (Å²) in [5, 5.41) is 7.75. The average Bonchev–Trinajstić information content (AvgIpc) is 2.83. The van der Waals surface area contributed by atoms with Crippen molar-refractivity contribution >= 4 is 5.71 Å². The zero-order valence-electron chi connectivity index (χ0n) is 12.7. The molecule has 0 bridgehead atoms. The predicted octanol–water partition coefficient (Wildman–Crippen LogP) is 3.23. The van der Waals surface area contributed by atoms with Crippen molar-refractivity contribution in [2.75, 3.05) is 13.1 Å². The van der Waals surface area contributed by atoms with Gasteiger partial charge in [0.05, 0.1) is 5.71 Å². The standard InChI is InChI=1S/C17H24N2O/c1-16(2,3)14-6-4-13(5-7-14)15-12-17(20-19-15)8-10-18-11-9-17/h4-7,18H,8-12H2,1-3H3. The van der Waals surface area contributed by atoms with Crippen molar-refractivity contribution in [2.45, 2.75) is 51.0 Å². The monoisotopic (exact) mass is 272 g/mol. The fraction of sp³-hybridized carbons (Fsp3) is 0.588. The Labute approximate surface area is 121 Å². The normalized spacial score (nSPS) is 21.6. The van der Waals surface area contributed by atoms with Crippen LogP contribution in [0.25, 0.3) is 0 Å². The first-order valence-corrected chi connectivity index (χ1v) is 7.55. The highest BCUT2D eigenvalue weighted by Crippen LogP contribution is 2.34. The number of nitrogens with zero attached hydrogens (tertiary/aromatic N) is 1. The molecule has 0 atom stereocenters. The van der Waals surface area contributed by atoms with Crippen molar-refractivity contribution < 1.29 is 4.84 Å². The van der Waals surface area contributed by atoms with Crippen LogP contribution in [0.5, 0.6) is 0 Å². The molecule has 0 amide bonds. The molecule has 1 fully saturated rings. The fourth-order valence-corrected chi connectivity index (χ4v) is 2.99. The van der Waals surface area contributed by atoms with E-state index in [9.17, 15) is 0 Å². The van der Waals surface area contributed by atoms with Gasteiger partial charge >= 0.3 is 0 Å². The van der Waals surface area contributed by atoms with Crippen LogP contribution < -0.4 is 5.32 Å². The third-order valence-corrected chi connectivity index (χ3v) is 4.44. The Balaban J connectivity index is 1.74. The van der Waals surface area contributed by atoms with Crippen molar-refractivity contribution in [3.8, 4) is 0 Å². The van der Waals surface area contributed by atoms with Gasteiger partial charge in [-0.3, -0.25) is 0 Å². The van der Waals surface area contributed by atoms with Crippen LogP contribution >= 0.6 is 0 Å². The third-order valence-electron chi connectivity index (χ3n) is 4.44. The molecule has 0 radical (unpaired) electrons. The van der Waals surface area contributed by atoms with Crippen LogP contribution in [0.2, 0.25) is 0 Å². The maximum Gasteiger partial charge on any atom is 0.145 e. The molecule has 1 saturated heterocycles. The molecule has 108 valence electrons. The Hall–Kier alpha value is -1.35. The Morgan fingerprint density at radius 1 is 1.10 bits per heavy atom. The molecule has 2 heterocycles. The zero-order chi connectivity index (χ0) is 14.2. The maximum atomic E-state index is 5.79. The highest BCUT2D eigenvalue weighted by Gasteiger charge is 2.40. The van der Waals surface area contributed by atoms with Crippen LogP contribution in [-0.2, 0) is 10.3 Å². The summed E-state index contributed by atoms with van der Waals surface area (Å²) in [5.74, 6) is 0. The van der Waals surface area contributed by atoms with Crippen LogP contribution in [0.1, 0.15) is 51.2 Å². The lowest BCUT2D eigenvalue weighted by Crippen LogP contribution is -2.42. The van der Waals surface area contributed by atoms with E-state index in [4.69, 9.17) is 4.84 Å². The number of benzene rings is 1. The van der Waals surface area contributed by atoms with Gasteiger partial charge in [-0.1, -0.05) is 50.2 Å². The van der Waals surface area contributed by atoms with Crippen molar-refractivity contribution in [3.63, 3.8) is 0 Å². The van der Waals surface area contributed by atoms with Crippen LogP contribution in [0, 0.1) is 0 Å².